The van der Waals surface area contributed by atoms with Gasteiger partial charge in [0.15, 0.2) is 5.96 Å². The van der Waals surface area contributed by atoms with Gasteiger partial charge in [0.25, 0.3) is 0 Å². The van der Waals surface area contributed by atoms with Gasteiger partial charge in [-0.15, -0.1) is 0 Å². The predicted octanol–water partition coefficient (Wildman–Crippen LogP) is 0.588. The fourth-order valence-corrected chi connectivity index (χ4v) is 1.68. The summed E-state index contributed by atoms with van der Waals surface area (Å²) in [6.07, 6.45) is 3.64. The Bertz CT molecular complexity index is 282. The van der Waals surface area contributed by atoms with E-state index in [0.29, 0.717) is 6.54 Å². The second-order valence-corrected chi connectivity index (χ2v) is 3.83. The van der Waals surface area contributed by atoms with Crippen molar-refractivity contribution < 1.29 is 0 Å². The van der Waals surface area contributed by atoms with Crippen LogP contribution in [0.1, 0.15) is 5.56 Å². The smallest absolute Gasteiger partial charge is 0.185 e. The third-order valence-corrected chi connectivity index (χ3v) is 2.53. The summed E-state index contributed by atoms with van der Waals surface area (Å²) in [5, 5.41) is 0. The molecule has 14 heavy (non-hydrogen) atoms. The number of nitrogens with two attached hydrogens (primary N) is 2. The van der Waals surface area contributed by atoms with Crippen molar-refractivity contribution in [3.8, 4) is 0 Å². The summed E-state index contributed by atoms with van der Waals surface area (Å²) in [5.74, 6) is 2.03. The predicted molar refractivity (Wildman–Crippen MR) is 61.1 cm³/mol. The number of nitrogens with zero attached hydrogens (tertiary/aromatic N) is 2. The van der Waals surface area contributed by atoms with Crippen LogP contribution in [0.4, 0.5) is 0 Å². The van der Waals surface area contributed by atoms with Crippen LogP contribution >= 0.6 is 11.8 Å². The minimum atomic E-state index is 0.159. The number of hydrogen-bond acceptors (Lipinski definition) is 3. The highest BCUT2D eigenvalue weighted by molar-refractivity contribution is 7.98. The minimum absolute atomic E-state index is 0.159. The van der Waals surface area contributed by atoms with E-state index in [1.807, 2.05) is 12.3 Å². The lowest BCUT2D eigenvalue weighted by Gasteiger charge is -1.99. The molecule has 76 valence electrons. The van der Waals surface area contributed by atoms with Gasteiger partial charge in [0.05, 0.1) is 6.54 Å². The molecule has 1 aromatic heterocycles. The standard InChI is InChI=1S/C9H14N4S/c10-9(11)13-4-5-14-7-8-2-1-3-12-6-8/h1-3,6H,4-5,7H2,(H4,10,11,13). The van der Waals surface area contributed by atoms with Gasteiger partial charge in [-0.05, 0) is 11.6 Å². The molecule has 0 atom stereocenters. The normalized spacial score (nSPS) is 9.71. The zero-order valence-corrected chi connectivity index (χ0v) is 8.70. The number of rotatable bonds is 5. The molecule has 1 heterocycles. The van der Waals surface area contributed by atoms with E-state index in [1.165, 1.54) is 5.56 Å². The zero-order chi connectivity index (χ0) is 10.2. The van der Waals surface area contributed by atoms with Crippen molar-refractivity contribution in [1.82, 2.24) is 4.98 Å². The van der Waals surface area contributed by atoms with Crippen LogP contribution in [0.5, 0.6) is 0 Å². The van der Waals surface area contributed by atoms with Gasteiger partial charge in [-0.3, -0.25) is 9.98 Å². The maximum Gasteiger partial charge on any atom is 0.185 e. The van der Waals surface area contributed by atoms with Crippen LogP contribution < -0.4 is 11.5 Å². The molecule has 0 unspecified atom stereocenters. The van der Waals surface area contributed by atoms with Crippen LogP contribution in [0.3, 0.4) is 0 Å². The highest BCUT2D eigenvalue weighted by atomic mass is 32.2. The summed E-state index contributed by atoms with van der Waals surface area (Å²) in [4.78, 5) is 7.92. The van der Waals surface area contributed by atoms with Gasteiger partial charge < -0.3 is 11.5 Å². The van der Waals surface area contributed by atoms with E-state index >= 15 is 0 Å². The van der Waals surface area contributed by atoms with Gasteiger partial charge in [-0.1, -0.05) is 6.07 Å². The van der Waals surface area contributed by atoms with E-state index in [1.54, 1.807) is 18.0 Å². The van der Waals surface area contributed by atoms with Crippen LogP contribution in [0.15, 0.2) is 29.5 Å². The maximum atomic E-state index is 5.19. The Morgan fingerprint density at radius 3 is 3.00 bits per heavy atom. The SMILES string of the molecule is NC(N)=NCCSCc1cccnc1. The monoisotopic (exact) mass is 210 g/mol. The summed E-state index contributed by atoms with van der Waals surface area (Å²) in [6.45, 7) is 0.674. The first-order valence-electron chi connectivity index (χ1n) is 4.31. The molecular formula is C9H14N4S. The molecule has 4 nitrogen and oxygen atoms in total. The van der Waals surface area contributed by atoms with Gasteiger partial charge in [-0.2, -0.15) is 11.8 Å². The van der Waals surface area contributed by atoms with E-state index < -0.39 is 0 Å². The van der Waals surface area contributed by atoms with E-state index in [-0.39, 0.29) is 5.96 Å². The van der Waals surface area contributed by atoms with Gasteiger partial charge in [-0.25, -0.2) is 0 Å². The minimum Gasteiger partial charge on any atom is -0.370 e. The van der Waals surface area contributed by atoms with E-state index in [0.717, 1.165) is 11.5 Å². The number of guanidine groups is 1. The van der Waals surface area contributed by atoms with Gasteiger partial charge in [0.1, 0.15) is 0 Å². The Balaban J connectivity index is 2.14. The molecule has 0 spiro atoms. The zero-order valence-electron chi connectivity index (χ0n) is 7.89. The number of pyridine rings is 1. The fourth-order valence-electron chi connectivity index (χ4n) is 0.913. The molecule has 0 saturated carbocycles. The summed E-state index contributed by atoms with van der Waals surface area (Å²) < 4.78 is 0. The third-order valence-electron chi connectivity index (χ3n) is 1.52. The first-order valence-corrected chi connectivity index (χ1v) is 5.46. The molecule has 0 aromatic carbocycles. The van der Waals surface area contributed by atoms with Crippen LogP contribution in [0.25, 0.3) is 0 Å². The molecule has 1 rings (SSSR count). The average molecular weight is 210 g/mol. The van der Waals surface area contributed by atoms with Crippen LogP contribution in [-0.2, 0) is 5.75 Å². The Labute approximate surface area is 87.8 Å². The Hall–Kier alpha value is -1.23. The molecule has 5 heteroatoms. The largest absolute Gasteiger partial charge is 0.370 e. The molecule has 0 aliphatic carbocycles. The first kappa shape index (κ1) is 10.8. The van der Waals surface area contributed by atoms with Crippen molar-refractivity contribution in [3.63, 3.8) is 0 Å². The molecule has 0 fully saturated rings. The lowest BCUT2D eigenvalue weighted by atomic mass is 10.3. The fraction of sp³-hybridized carbons (Fsp3) is 0.333. The number of hydrogen-bond donors (Lipinski definition) is 2. The molecule has 4 N–H and O–H groups in total. The van der Waals surface area contributed by atoms with Gasteiger partial charge >= 0.3 is 0 Å². The molecule has 0 saturated heterocycles. The summed E-state index contributed by atoms with van der Waals surface area (Å²) >= 11 is 1.79. The van der Waals surface area contributed by atoms with Gasteiger partial charge in [0.2, 0.25) is 0 Å². The number of aromatic nitrogens is 1. The summed E-state index contributed by atoms with van der Waals surface area (Å²) in [5.41, 5.74) is 11.6. The highest BCUT2D eigenvalue weighted by Gasteiger charge is 1.92. The Morgan fingerprint density at radius 2 is 2.36 bits per heavy atom. The van der Waals surface area contributed by atoms with E-state index in [2.05, 4.69) is 16.0 Å². The Morgan fingerprint density at radius 1 is 1.50 bits per heavy atom. The maximum absolute atomic E-state index is 5.19. The highest BCUT2D eigenvalue weighted by Crippen LogP contribution is 2.09. The molecule has 0 aliphatic heterocycles. The summed E-state index contributed by atoms with van der Waals surface area (Å²) in [6, 6.07) is 3.99. The molecular weight excluding hydrogens is 196 g/mol. The van der Waals surface area contributed by atoms with Crippen molar-refractivity contribution in [2.24, 2.45) is 16.5 Å². The molecule has 0 bridgehead atoms. The second-order valence-electron chi connectivity index (χ2n) is 2.72. The third kappa shape index (κ3) is 4.71. The topological polar surface area (TPSA) is 77.3 Å². The lowest BCUT2D eigenvalue weighted by Crippen LogP contribution is -2.23. The summed E-state index contributed by atoms with van der Waals surface area (Å²) in [7, 11) is 0. The molecule has 0 aliphatic rings. The van der Waals surface area contributed by atoms with Gasteiger partial charge in [0, 0.05) is 23.9 Å². The van der Waals surface area contributed by atoms with Crippen LogP contribution in [0.2, 0.25) is 0 Å². The van der Waals surface area contributed by atoms with Crippen molar-refractivity contribution in [3.05, 3.63) is 30.1 Å². The number of thioether (sulfide) groups is 1. The van der Waals surface area contributed by atoms with Crippen molar-refractivity contribution in [1.29, 1.82) is 0 Å². The molecule has 0 amide bonds. The van der Waals surface area contributed by atoms with Crippen LogP contribution in [-0.4, -0.2) is 23.2 Å². The lowest BCUT2D eigenvalue weighted by molar-refractivity contribution is 1.12. The van der Waals surface area contributed by atoms with Crippen molar-refractivity contribution in [2.45, 2.75) is 5.75 Å². The first-order chi connectivity index (χ1) is 6.79. The molecule has 0 radical (unpaired) electrons. The number of aliphatic imine (C=N–C) groups is 1. The average Bonchev–Trinajstić information content (AvgIpc) is 2.18. The Kier molecular flexibility index (Phi) is 4.85. The molecule has 1 aromatic rings. The quantitative estimate of drug-likeness (QED) is 0.423. The van der Waals surface area contributed by atoms with E-state index in [4.69, 9.17) is 11.5 Å². The van der Waals surface area contributed by atoms with Crippen molar-refractivity contribution >= 4 is 17.7 Å². The second kappa shape index (κ2) is 6.26. The van der Waals surface area contributed by atoms with Crippen LogP contribution in [0, 0.1) is 0 Å². The van der Waals surface area contributed by atoms with E-state index in [9.17, 15) is 0 Å². The van der Waals surface area contributed by atoms with Crippen molar-refractivity contribution in [2.75, 3.05) is 12.3 Å².